The van der Waals surface area contributed by atoms with Crippen LogP contribution in [0.25, 0.3) is 0 Å². The van der Waals surface area contributed by atoms with Crippen LogP contribution in [0.3, 0.4) is 0 Å². The van der Waals surface area contributed by atoms with Crippen molar-refractivity contribution in [3.8, 4) is 0 Å². The van der Waals surface area contributed by atoms with Crippen LogP contribution in [0.2, 0.25) is 0 Å². The molecule has 2 amide bonds. The second-order valence-electron chi connectivity index (χ2n) is 6.26. The number of halogens is 1. The Morgan fingerprint density at radius 2 is 1.86 bits per heavy atom. The maximum atomic E-state index is 13.6. The molecule has 5 nitrogen and oxygen atoms in total. The topological polar surface area (TPSA) is 71.1 Å². The summed E-state index contributed by atoms with van der Waals surface area (Å²) in [5.74, 6) is -0.714. The van der Waals surface area contributed by atoms with Crippen LogP contribution in [0.1, 0.15) is 27.9 Å². The van der Waals surface area contributed by atoms with Crippen molar-refractivity contribution in [2.24, 2.45) is 0 Å². The molecular weight excluding hydrogens is 357 g/mol. The number of amides is 2. The molecule has 3 rings (SSSR count). The lowest BCUT2D eigenvalue weighted by Crippen LogP contribution is -2.23. The Hall–Kier alpha value is -3.54. The van der Waals surface area contributed by atoms with Gasteiger partial charge in [0, 0.05) is 31.0 Å². The normalized spacial score (nSPS) is 10.3. The van der Waals surface area contributed by atoms with Crippen molar-refractivity contribution in [3.05, 3.63) is 95.6 Å². The maximum Gasteiger partial charge on any atom is 0.253 e. The summed E-state index contributed by atoms with van der Waals surface area (Å²) < 4.78 is 13.6. The van der Waals surface area contributed by atoms with E-state index in [4.69, 9.17) is 0 Å². The van der Waals surface area contributed by atoms with Gasteiger partial charge in [-0.25, -0.2) is 4.39 Å². The van der Waals surface area contributed by atoms with Crippen molar-refractivity contribution < 1.29 is 14.0 Å². The van der Waals surface area contributed by atoms with Crippen LogP contribution in [0.4, 0.5) is 10.1 Å². The number of nitrogens with one attached hydrogen (secondary N) is 2. The lowest BCUT2D eigenvalue weighted by atomic mass is 10.1. The summed E-state index contributed by atoms with van der Waals surface area (Å²) in [6.07, 6.45) is 3.62. The number of anilines is 1. The number of aryl methyl sites for hydroxylation is 1. The van der Waals surface area contributed by atoms with E-state index in [9.17, 15) is 14.0 Å². The quantitative estimate of drug-likeness (QED) is 0.659. The van der Waals surface area contributed by atoms with Crippen LogP contribution in [0, 0.1) is 5.82 Å². The molecule has 0 bridgehead atoms. The molecular formula is C22H20FN3O2. The van der Waals surface area contributed by atoms with Gasteiger partial charge in [0.1, 0.15) is 5.82 Å². The van der Waals surface area contributed by atoms with Gasteiger partial charge in [-0.2, -0.15) is 0 Å². The molecule has 28 heavy (non-hydrogen) atoms. The van der Waals surface area contributed by atoms with E-state index in [0.717, 1.165) is 5.56 Å². The number of hydrogen-bond donors (Lipinski definition) is 2. The molecule has 0 unspecified atom stereocenters. The number of nitrogens with zero attached hydrogens (tertiary/aromatic N) is 1. The monoisotopic (exact) mass is 377 g/mol. The zero-order chi connectivity index (χ0) is 19.8. The van der Waals surface area contributed by atoms with Crippen LogP contribution in [0.5, 0.6) is 0 Å². The van der Waals surface area contributed by atoms with E-state index in [1.54, 1.807) is 54.7 Å². The van der Waals surface area contributed by atoms with Crippen molar-refractivity contribution in [2.75, 3.05) is 5.32 Å². The van der Waals surface area contributed by atoms with Gasteiger partial charge in [-0.1, -0.05) is 30.3 Å². The van der Waals surface area contributed by atoms with Crippen molar-refractivity contribution in [2.45, 2.75) is 19.4 Å². The van der Waals surface area contributed by atoms with Gasteiger partial charge in [0.15, 0.2) is 0 Å². The van der Waals surface area contributed by atoms with Gasteiger partial charge in [-0.15, -0.1) is 0 Å². The molecule has 0 spiro atoms. The van der Waals surface area contributed by atoms with E-state index < -0.39 is 0 Å². The zero-order valence-electron chi connectivity index (χ0n) is 15.2. The number of rotatable bonds is 7. The van der Waals surface area contributed by atoms with Crippen molar-refractivity contribution in [1.29, 1.82) is 0 Å². The average molecular weight is 377 g/mol. The predicted molar refractivity (Wildman–Crippen MR) is 105 cm³/mol. The number of aromatic nitrogens is 1. The Balaban J connectivity index is 1.52. The highest BCUT2D eigenvalue weighted by atomic mass is 19.1. The van der Waals surface area contributed by atoms with E-state index in [0.29, 0.717) is 29.8 Å². The second kappa shape index (κ2) is 9.41. The van der Waals surface area contributed by atoms with Crippen LogP contribution in [0.15, 0.2) is 73.1 Å². The highest BCUT2D eigenvalue weighted by Gasteiger charge is 2.08. The number of carbonyl (C=O) groups is 2. The fraction of sp³-hybridized carbons (Fsp3) is 0.136. The van der Waals surface area contributed by atoms with Crippen molar-refractivity contribution in [1.82, 2.24) is 10.3 Å². The molecule has 0 aliphatic rings. The maximum absolute atomic E-state index is 13.6. The Kier molecular flexibility index (Phi) is 6.46. The first-order valence-electron chi connectivity index (χ1n) is 8.92. The Bertz CT molecular complexity index is 961. The standard InChI is InChI=1S/C22H20FN3O2/c23-20-9-2-1-6-17(20)10-11-21(27)26-19-8-3-5-16(13-19)14-25-22(28)18-7-4-12-24-15-18/h1-9,12-13,15H,10-11,14H2,(H,25,28)(H,26,27). The third-order valence-corrected chi connectivity index (χ3v) is 4.17. The average Bonchev–Trinajstić information content (AvgIpc) is 2.72. The molecule has 1 heterocycles. The Morgan fingerprint density at radius 3 is 2.64 bits per heavy atom. The molecule has 0 atom stereocenters. The summed E-state index contributed by atoms with van der Waals surface area (Å²) in [5.41, 5.74) is 2.49. The third-order valence-electron chi connectivity index (χ3n) is 4.17. The first kappa shape index (κ1) is 19.2. The first-order chi connectivity index (χ1) is 13.6. The molecule has 2 N–H and O–H groups in total. The van der Waals surface area contributed by atoms with Gasteiger partial charge in [-0.05, 0) is 47.9 Å². The van der Waals surface area contributed by atoms with Gasteiger partial charge in [-0.3, -0.25) is 14.6 Å². The molecule has 0 saturated heterocycles. The van der Waals surface area contributed by atoms with Gasteiger partial charge >= 0.3 is 0 Å². The largest absolute Gasteiger partial charge is 0.348 e. The molecule has 3 aromatic rings. The smallest absolute Gasteiger partial charge is 0.253 e. The van der Waals surface area contributed by atoms with Gasteiger partial charge < -0.3 is 10.6 Å². The fourth-order valence-electron chi connectivity index (χ4n) is 2.71. The molecule has 0 fully saturated rings. The molecule has 0 saturated carbocycles. The lowest BCUT2D eigenvalue weighted by Gasteiger charge is -2.09. The van der Waals surface area contributed by atoms with Gasteiger partial charge in [0.05, 0.1) is 5.56 Å². The Labute approximate surface area is 162 Å². The summed E-state index contributed by atoms with van der Waals surface area (Å²) in [5, 5.41) is 5.62. The van der Waals surface area contributed by atoms with Gasteiger partial charge in [0.2, 0.25) is 5.91 Å². The molecule has 0 aliphatic heterocycles. The van der Waals surface area contributed by atoms with E-state index in [1.165, 1.54) is 12.3 Å². The SMILES string of the molecule is O=C(CCc1ccccc1F)Nc1cccc(CNC(=O)c2cccnc2)c1. The Morgan fingerprint density at radius 1 is 1.00 bits per heavy atom. The minimum atomic E-state index is -0.304. The summed E-state index contributed by atoms with van der Waals surface area (Å²) in [7, 11) is 0. The summed E-state index contributed by atoms with van der Waals surface area (Å²) >= 11 is 0. The van der Waals surface area contributed by atoms with Crippen LogP contribution >= 0.6 is 0 Å². The van der Waals surface area contributed by atoms with E-state index in [-0.39, 0.29) is 24.1 Å². The van der Waals surface area contributed by atoms with Crippen molar-refractivity contribution in [3.63, 3.8) is 0 Å². The lowest BCUT2D eigenvalue weighted by molar-refractivity contribution is -0.116. The number of benzene rings is 2. The minimum Gasteiger partial charge on any atom is -0.348 e. The van der Waals surface area contributed by atoms with Crippen molar-refractivity contribution >= 4 is 17.5 Å². The summed E-state index contributed by atoms with van der Waals surface area (Å²) in [4.78, 5) is 28.1. The number of hydrogen-bond acceptors (Lipinski definition) is 3. The molecule has 6 heteroatoms. The third kappa shape index (κ3) is 5.48. The number of pyridine rings is 1. The van der Waals surface area contributed by atoms with E-state index in [1.807, 2.05) is 6.07 Å². The molecule has 1 aromatic heterocycles. The summed E-state index contributed by atoms with van der Waals surface area (Å²) in [6, 6.07) is 17.1. The van der Waals surface area contributed by atoms with Crippen LogP contribution in [-0.4, -0.2) is 16.8 Å². The minimum absolute atomic E-state index is 0.183. The highest BCUT2D eigenvalue weighted by Crippen LogP contribution is 2.13. The number of carbonyl (C=O) groups excluding carboxylic acids is 2. The highest BCUT2D eigenvalue weighted by molar-refractivity contribution is 5.94. The second-order valence-corrected chi connectivity index (χ2v) is 6.26. The molecule has 0 aliphatic carbocycles. The fourth-order valence-corrected chi connectivity index (χ4v) is 2.71. The zero-order valence-corrected chi connectivity index (χ0v) is 15.2. The predicted octanol–water partition coefficient (Wildman–Crippen LogP) is 3.72. The van der Waals surface area contributed by atoms with Crippen LogP contribution in [-0.2, 0) is 17.8 Å². The summed E-state index contributed by atoms with van der Waals surface area (Å²) in [6.45, 7) is 0.326. The molecule has 2 aromatic carbocycles. The van der Waals surface area contributed by atoms with Crippen LogP contribution < -0.4 is 10.6 Å². The van der Waals surface area contributed by atoms with E-state index >= 15 is 0 Å². The first-order valence-corrected chi connectivity index (χ1v) is 8.92. The van der Waals surface area contributed by atoms with E-state index in [2.05, 4.69) is 15.6 Å². The molecule has 142 valence electrons. The molecule has 0 radical (unpaired) electrons. The van der Waals surface area contributed by atoms with Gasteiger partial charge in [0.25, 0.3) is 5.91 Å².